The quantitative estimate of drug-likeness (QED) is 0.537. The van der Waals surface area contributed by atoms with Crippen molar-refractivity contribution in [3.63, 3.8) is 0 Å². The maximum absolute atomic E-state index is 9.71. The maximum atomic E-state index is 9.71. The van der Waals surface area contributed by atoms with Gasteiger partial charge in [0.1, 0.15) is 0 Å². The summed E-state index contributed by atoms with van der Waals surface area (Å²) in [5, 5.41) is 19.4. The largest absolute Gasteiger partial charge is 0.391 e. The highest BCUT2D eigenvalue weighted by Gasteiger charge is 2.41. The third kappa shape index (κ3) is 1.16. The molecule has 0 spiro atoms. The Balaban J connectivity index is 2.17. The summed E-state index contributed by atoms with van der Waals surface area (Å²) < 4.78 is 0. The zero-order chi connectivity index (χ0) is 8.72. The molecular formula is C9H17NO2. The van der Waals surface area contributed by atoms with Gasteiger partial charge in [-0.3, -0.25) is 4.90 Å². The van der Waals surface area contributed by atoms with Crippen LogP contribution in [0.3, 0.4) is 0 Å². The molecule has 2 saturated heterocycles. The molecule has 3 nitrogen and oxygen atoms in total. The molecule has 2 fully saturated rings. The molecule has 0 aromatic carbocycles. The number of aliphatic hydroxyl groups excluding tert-OH is 2. The van der Waals surface area contributed by atoms with Crippen LogP contribution in [0.15, 0.2) is 0 Å². The van der Waals surface area contributed by atoms with Crippen molar-refractivity contribution in [3.05, 3.63) is 0 Å². The predicted octanol–water partition coefficient (Wildman–Crippen LogP) is -0.0352. The molecule has 2 bridgehead atoms. The number of hydrogen-bond donors (Lipinski definition) is 2. The van der Waals surface area contributed by atoms with Crippen LogP contribution >= 0.6 is 0 Å². The third-order valence-corrected chi connectivity index (χ3v) is 3.45. The summed E-state index contributed by atoms with van der Waals surface area (Å²) in [5.41, 5.74) is 0. The van der Waals surface area contributed by atoms with Gasteiger partial charge in [0.05, 0.1) is 12.2 Å². The highest BCUT2D eigenvalue weighted by atomic mass is 16.3. The molecule has 3 heteroatoms. The molecular weight excluding hydrogens is 154 g/mol. The van der Waals surface area contributed by atoms with E-state index in [1.54, 1.807) is 0 Å². The van der Waals surface area contributed by atoms with Gasteiger partial charge in [-0.1, -0.05) is 0 Å². The van der Waals surface area contributed by atoms with Gasteiger partial charge in [0, 0.05) is 12.1 Å². The standard InChI is InChI=1S/C9H17NO2/c1-10-6-2-3-7(10)9(12)5-4-8(6)11/h6-9,11-12H,2-5H2,1H3/t6-,7+,8-,9+. The Kier molecular flexibility index (Phi) is 2.10. The highest BCUT2D eigenvalue weighted by molar-refractivity contribution is 4.96. The second-order valence-corrected chi connectivity index (χ2v) is 4.09. The van der Waals surface area contributed by atoms with Gasteiger partial charge in [-0.15, -0.1) is 0 Å². The number of aliphatic hydroxyl groups is 2. The Labute approximate surface area is 73.0 Å². The summed E-state index contributed by atoms with van der Waals surface area (Å²) in [7, 11) is 2.01. The molecule has 2 aliphatic heterocycles. The zero-order valence-electron chi connectivity index (χ0n) is 7.48. The van der Waals surface area contributed by atoms with Gasteiger partial charge in [0.25, 0.3) is 0 Å². The van der Waals surface area contributed by atoms with Crippen LogP contribution < -0.4 is 0 Å². The summed E-state index contributed by atoms with van der Waals surface area (Å²) in [5.74, 6) is 0. The van der Waals surface area contributed by atoms with Crippen LogP contribution in [0, 0.1) is 0 Å². The van der Waals surface area contributed by atoms with Crippen LogP contribution in [0.25, 0.3) is 0 Å². The van der Waals surface area contributed by atoms with Crippen molar-refractivity contribution in [2.45, 2.75) is 50.0 Å². The topological polar surface area (TPSA) is 43.7 Å². The Bertz CT molecular complexity index is 156. The van der Waals surface area contributed by atoms with E-state index in [-0.39, 0.29) is 12.2 Å². The summed E-state index contributed by atoms with van der Waals surface area (Å²) in [4.78, 5) is 2.16. The van der Waals surface area contributed by atoms with Crippen molar-refractivity contribution in [2.24, 2.45) is 0 Å². The summed E-state index contributed by atoms with van der Waals surface area (Å²) in [6.07, 6.45) is 3.15. The minimum atomic E-state index is -0.225. The van der Waals surface area contributed by atoms with E-state index < -0.39 is 0 Å². The van der Waals surface area contributed by atoms with Crippen molar-refractivity contribution in [1.82, 2.24) is 4.90 Å². The minimum Gasteiger partial charge on any atom is -0.391 e. The predicted molar refractivity (Wildman–Crippen MR) is 45.8 cm³/mol. The third-order valence-electron chi connectivity index (χ3n) is 3.45. The molecule has 0 radical (unpaired) electrons. The number of nitrogens with zero attached hydrogens (tertiary/aromatic N) is 1. The second-order valence-electron chi connectivity index (χ2n) is 4.09. The molecule has 2 N–H and O–H groups in total. The number of hydrogen-bond acceptors (Lipinski definition) is 3. The van der Waals surface area contributed by atoms with E-state index in [9.17, 15) is 10.2 Å². The number of fused-ring (bicyclic) bond motifs is 2. The fourth-order valence-corrected chi connectivity index (χ4v) is 2.65. The van der Waals surface area contributed by atoms with Crippen LogP contribution in [-0.4, -0.2) is 46.5 Å². The lowest BCUT2D eigenvalue weighted by molar-refractivity contribution is 0.0667. The van der Waals surface area contributed by atoms with Crippen LogP contribution in [0.2, 0.25) is 0 Å². The molecule has 2 heterocycles. The Morgan fingerprint density at radius 3 is 1.75 bits per heavy atom. The molecule has 0 amide bonds. The first kappa shape index (κ1) is 8.48. The van der Waals surface area contributed by atoms with E-state index in [1.807, 2.05) is 7.05 Å². The molecule has 2 rings (SSSR count). The lowest BCUT2D eigenvalue weighted by Gasteiger charge is -2.26. The fourth-order valence-electron chi connectivity index (χ4n) is 2.65. The minimum absolute atomic E-state index is 0.225. The zero-order valence-corrected chi connectivity index (χ0v) is 7.48. The first-order valence-corrected chi connectivity index (χ1v) is 4.78. The lowest BCUT2D eigenvalue weighted by atomic mass is 9.97. The first-order chi connectivity index (χ1) is 5.70. The van der Waals surface area contributed by atoms with Crippen LogP contribution in [0.5, 0.6) is 0 Å². The SMILES string of the molecule is CN1[C@@H]2CC[C@H]1[C@@H](O)CC[C@H]2O. The van der Waals surface area contributed by atoms with Gasteiger partial charge in [0.2, 0.25) is 0 Å². The molecule has 0 aromatic rings. The number of rotatable bonds is 0. The lowest BCUT2D eigenvalue weighted by Crippen LogP contribution is -2.40. The molecule has 0 saturated carbocycles. The first-order valence-electron chi connectivity index (χ1n) is 4.78. The molecule has 0 unspecified atom stereocenters. The van der Waals surface area contributed by atoms with Gasteiger partial charge in [-0.25, -0.2) is 0 Å². The molecule has 12 heavy (non-hydrogen) atoms. The van der Waals surface area contributed by atoms with Crippen molar-refractivity contribution in [3.8, 4) is 0 Å². The van der Waals surface area contributed by atoms with Crippen LogP contribution in [-0.2, 0) is 0 Å². The van der Waals surface area contributed by atoms with E-state index in [4.69, 9.17) is 0 Å². The Morgan fingerprint density at radius 2 is 1.33 bits per heavy atom. The molecule has 0 aromatic heterocycles. The Hall–Kier alpha value is -0.120. The molecule has 4 atom stereocenters. The normalized spacial score (nSPS) is 49.2. The summed E-state index contributed by atoms with van der Waals surface area (Å²) >= 11 is 0. The van der Waals surface area contributed by atoms with Crippen molar-refractivity contribution in [1.29, 1.82) is 0 Å². The fraction of sp³-hybridized carbons (Fsp3) is 1.00. The maximum Gasteiger partial charge on any atom is 0.0696 e. The number of likely N-dealkylation sites (N-methyl/N-ethyl adjacent to an activating group) is 1. The molecule has 70 valence electrons. The van der Waals surface area contributed by atoms with Gasteiger partial charge >= 0.3 is 0 Å². The van der Waals surface area contributed by atoms with E-state index in [1.165, 1.54) is 0 Å². The second kappa shape index (κ2) is 2.98. The van der Waals surface area contributed by atoms with Crippen molar-refractivity contribution in [2.75, 3.05) is 7.05 Å². The van der Waals surface area contributed by atoms with Gasteiger partial charge < -0.3 is 10.2 Å². The smallest absolute Gasteiger partial charge is 0.0696 e. The summed E-state index contributed by atoms with van der Waals surface area (Å²) in [6, 6.07) is 0.597. The Morgan fingerprint density at radius 1 is 0.917 bits per heavy atom. The van der Waals surface area contributed by atoms with E-state index in [0.29, 0.717) is 12.1 Å². The average Bonchev–Trinajstić information content (AvgIpc) is 2.37. The van der Waals surface area contributed by atoms with Gasteiger partial charge in [-0.05, 0) is 32.7 Å². The van der Waals surface area contributed by atoms with Gasteiger partial charge in [0.15, 0.2) is 0 Å². The van der Waals surface area contributed by atoms with E-state index in [0.717, 1.165) is 25.7 Å². The van der Waals surface area contributed by atoms with Crippen LogP contribution in [0.4, 0.5) is 0 Å². The van der Waals surface area contributed by atoms with Crippen LogP contribution in [0.1, 0.15) is 25.7 Å². The van der Waals surface area contributed by atoms with Crippen molar-refractivity contribution < 1.29 is 10.2 Å². The highest BCUT2D eigenvalue weighted by Crippen LogP contribution is 2.32. The average molecular weight is 171 g/mol. The summed E-state index contributed by atoms with van der Waals surface area (Å²) in [6.45, 7) is 0. The molecule has 0 aliphatic carbocycles. The monoisotopic (exact) mass is 171 g/mol. The van der Waals surface area contributed by atoms with Gasteiger partial charge in [-0.2, -0.15) is 0 Å². The molecule has 2 aliphatic rings. The van der Waals surface area contributed by atoms with Crippen molar-refractivity contribution >= 4 is 0 Å². The van der Waals surface area contributed by atoms with E-state index in [2.05, 4.69) is 4.90 Å². The van der Waals surface area contributed by atoms with E-state index >= 15 is 0 Å².